The number of hydrogen-bond donors (Lipinski definition) is 1. The van der Waals surface area contributed by atoms with E-state index in [1.807, 2.05) is 29.7 Å². The van der Waals surface area contributed by atoms with Gasteiger partial charge in [0.15, 0.2) is 0 Å². The maximum absolute atomic E-state index is 4.53. The highest BCUT2D eigenvalue weighted by molar-refractivity contribution is 5.18. The third-order valence-electron chi connectivity index (χ3n) is 3.33. The lowest BCUT2D eigenvalue weighted by atomic mass is 10.1. The first-order chi connectivity index (χ1) is 9.13. The van der Waals surface area contributed by atoms with Gasteiger partial charge in [-0.25, -0.2) is 0 Å². The van der Waals surface area contributed by atoms with Gasteiger partial charge in [-0.2, -0.15) is 10.2 Å². The van der Waals surface area contributed by atoms with Crippen molar-refractivity contribution in [3.63, 3.8) is 0 Å². The minimum Gasteiger partial charge on any atom is -0.309 e. The first-order valence-corrected chi connectivity index (χ1v) is 6.87. The minimum atomic E-state index is 0.284. The largest absolute Gasteiger partial charge is 0.309 e. The molecule has 0 aliphatic heterocycles. The second kappa shape index (κ2) is 6.02. The normalized spacial score (nSPS) is 12.8. The maximum atomic E-state index is 4.53. The van der Waals surface area contributed by atoms with E-state index in [-0.39, 0.29) is 6.04 Å². The van der Waals surface area contributed by atoms with Gasteiger partial charge < -0.3 is 5.32 Å². The van der Waals surface area contributed by atoms with Gasteiger partial charge in [0.2, 0.25) is 0 Å². The molecule has 1 unspecified atom stereocenters. The summed E-state index contributed by atoms with van der Waals surface area (Å²) in [6.45, 7) is 5.21. The highest BCUT2D eigenvalue weighted by atomic mass is 15.3. The second-order valence-corrected chi connectivity index (χ2v) is 4.87. The molecule has 0 fully saturated rings. The Hall–Kier alpha value is -1.62. The quantitative estimate of drug-likeness (QED) is 0.859. The molecular weight excluding hydrogens is 238 g/mol. The number of nitrogens with one attached hydrogen (secondary N) is 1. The highest BCUT2D eigenvalue weighted by Crippen LogP contribution is 2.19. The summed E-state index contributed by atoms with van der Waals surface area (Å²) in [6.07, 6.45) is 5.91. The predicted molar refractivity (Wildman–Crippen MR) is 75.9 cm³/mol. The Morgan fingerprint density at radius 3 is 2.63 bits per heavy atom. The fourth-order valence-electron chi connectivity index (χ4n) is 2.38. The average molecular weight is 261 g/mol. The lowest BCUT2D eigenvalue weighted by molar-refractivity contribution is 0.507. The van der Waals surface area contributed by atoms with Gasteiger partial charge in [0.05, 0.1) is 23.6 Å². The standard InChI is InChI=1S/C14H23N5/c1-5-12-8-14(19(4)17-12)13(15-6-2)7-11-9-16-18(3)10-11/h8-10,13,15H,5-7H2,1-4H3. The summed E-state index contributed by atoms with van der Waals surface area (Å²) in [6, 6.07) is 2.48. The SMILES string of the molecule is CCNC(Cc1cnn(C)c1)c1cc(CC)nn1C. The molecule has 1 N–H and O–H groups in total. The molecule has 0 spiro atoms. The van der Waals surface area contributed by atoms with E-state index in [1.54, 1.807) is 0 Å². The molecule has 0 amide bonds. The van der Waals surface area contributed by atoms with Crippen molar-refractivity contribution in [2.75, 3.05) is 6.54 Å². The van der Waals surface area contributed by atoms with Crippen LogP contribution in [0.5, 0.6) is 0 Å². The zero-order valence-electron chi connectivity index (χ0n) is 12.2. The van der Waals surface area contributed by atoms with Crippen molar-refractivity contribution in [1.29, 1.82) is 0 Å². The van der Waals surface area contributed by atoms with Gasteiger partial charge in [0.25, 0.3) is 0 Å². The van der Waals surface area contributed by atoms with Crippen LogP contribution in [0.25, 0.3) is 0 Å². The van der Waals surface area contributed by atoms with Gasteiger partial charge in [-0.05, 0) is 31.0 Å². The topological polar surface area (TPSA) is 47.7 Å². The van der Waals surface area contributed by atoms with E-state index in [2.05, 4.69) is 41.6 Å². The van der Waals surface area contributed by atoms with Crippen LogP contribution in [-0.4, -0.2) is 26.1 Å². The molecule has 5 heteroatoms. The molecule has 1 atom stereocenters. The molecule has 0 aromatic carbocycles. The van der Waals surface area contributed by atoms with Crippen LogP contribution >= 0.6 is 0 Å². The fraction of sp³-hybridized carbons (Fsp3) is 0.571. The Bertz CT molecular complexity index is 526. The van der Waals surface area contributed by atoms with E-state index in [1.165, 1.54) is 11.3 Å². The molecule has 104 valence electrons. The van der Waals surface area contributed by atoms with Crippen molar-refractivity contribution in [3.8, 4) is 0 Å². The monoisotopic (exact) mass is 261 g/mol. The zero-order chi connectivity index (χ0) is 13.8. The molecule has 0 radical (unpaired) electrons. The van der Waals surface area contributed by atoms with Crippen molar-refractivity contribution in [2.24, 2.45) is 14.1 Å². The molecule has 0 aliphatic rings. The van der Waals surface area contributed by atoms with Crippen LogP contribution in [0.1, 0.15) is 36.8 Å². The molecule has 2 aromatic heterocycles. The molecule has 2 aromatic rings. The number of aromatic nitrogens is 4. The van der Waals surface area contributed by atoms with Crippen LogP contribution in [0.2, 0.25) is 0 Å². The van der Waals surface area contributed by atoms with Crippen LogP contribution in [0.3, 0.4) is 0 Å². The van der Waals surface area contributed by atoms with Crippen molar-refractivity contribution in [1.82, 2.24) is 24.9 Å². The molecule has 19 heavy (non-hydrogen) atoms. The van der Waals surface area contributed by atoms with Gasteiger partial charge in [0.1, 0.15) is 0 Å². The summed E-state index contributed by atoms with van der Waals surface area (Å²) in [5, 5.41) is 12.3. The third kappa shape index (κ3) is 3.23. The summed E-state index contributed by atoms with van der Waals surface area (Å²) in [7, 11) is 3.97. The number of hydrogen-bond acceptors (Lipinski definition) is 3. The van der Waals surface area contributed by atoms with Gasteiger partial charge in [0, 0.05) is 20.3 Å². The minimum absolute atomic E-state index is 0.284. The lowest BCUT2D eigenvalue weighted by Crippen LogP contribution is -2.25. The van der Waals surface area contributed by atoms with Gasteiger partial charge in [-0.15, -0.1) is 0 Å². The van der Waals surface area contributed by atoms with Crippen molar-refractivity contribution in [3.05, 3.63) is 35.4 Å². The van der Waals surface area contributed by atoms with Gasteiger partial charge in [-0.1, -0.05) is 13.8 Å². The Balaban J connectivity index is 2.21. The van der Waals surface area contributed by atoms with Crippen molar-refractivity contribution < 1.29 is 0 Å². The van der Waals surface area contributed by atoms with Crippen LogP contribution in [0.4, 0.5) is 0 Å². The Labute approximate surface area is 114 Å². The van der Waals surface area contributed by atoms with Crippen LogP contribution in [-0.2, 0) is 26.9 Å². The van der Waals surface area contributed by atoms with E-state index >= 15 is 0 Å². The first kappa shape index (κ1) is 13.8. The number of likely N-dealkylation sites (N-methyl/N-ethyl adjacent to an activating group) is 1. The molecule has 0 aliphatic carbocycles. The second-order valence-electron chi connectivity index (χ2n) is 4.87. The lowest BCUT2D eigenvalue weighted by Gasteiger charge is -2.17. The van der Waals surface area contributed by atoms with Crippen molar-refractivity contribution >= 4 is 0 Å². The smallest absolute Gasteiger partial charge is 0.0625 e. The molecule has 0 saturated carbocycles. The summed E-state index contributed by atoms with van der Waals surface area (Å²) < 4.78 is 3.83. The molecule has 2 heterocycles. The molecule has 5 nitrogen and oxygen atoms in total. The van der Waals surface area contributed by atoms with E-state index in [9.17, 15) is 0 Å². The maximum Gasteiger partial charge on any atom is 0.0625 e. The van der Waals surface area contributed by atoms with Crippen LogP contribution in [0.15, 0.2) is 18.5 Å². The van der Waals surface area contributed by atoms with Gasteiger partial charge >= 0.3 is 0 Å². The summed E-state index contributed by atoms with van der Waals surface area (Å²) in [5.74, 6) is 0. The predicted octanol–water partition coefficient (Wildman–Crippen LogP) is 1.61. The van der Waals surface area contributed by atoms with E-state index < -0.39 is 0 Å². The molecule has 0 bridgehead atoms. The van der Waals surface area contributed by atoms with E-state index in [4.69, 9.17) is 0 Å². The van der Waals surface area contributed by atoms with Crippen LogP contribution < -0.4 is 5.32 Å². The Kier molecular flexibility index (Phi) is 4.37. The molecular formula is C14H23N5. The average Bonchev–Trinajstić information content (AvgIpc) is 2.95. The van der Waals surface area contributed by atoms with E-state index in [0.717, 1.165) is 25.1 Å². The highest BCUT2D eigenvalue weighted by Gasteiger charge is 2.17. The Morgan fingerprint density at radius 2 is 2.11 bits per heavy atom. The number of aryl methyl sites for hydroxylation is 3. The van der Waals surface area contributed by atoms with E-state index in [0.29, 0.717) is 0 Å². The van der Waals surface area contributed by atoms with Crippen LogP contribution in [0, 0.1) is 0 Å². The summed E-state index contributed by atoms with van der Waals surface area (Å²) in [4.78, 5) is 0. The fourth-order valence-corrected chi connectivity index (χ4v) is 2.38. The zero-order valence-corrected chi connectivity index (χ0v) is 12.2. The summed E-state index contributed by atoms with van der Waals surface area (Å²) >= 11 is 0. The first-order valence-electron chi connectivity index (χ1n) is 6.87. The molecule has 2 rings (SSSR count). The van der Waals surface area contributed by atoms with Crippen molar-refractivity contribution in [2.45, 2.75) is 32.7 Å². The third-order valence-corrected chi connectivity index (χ3v) is 3.33. The van der Waals surface area contributed by atoms with Gasteiger partial charge in [-0.3, -0.25) is 9.36 Å². The number of rotatable bonds is 6. The molecule has 0 saturated heterocycles. The Morgan fingerprint density at radius 1 is 1.32 bits per heavy atom. The summed E-state index contributed by atoms with van der Waals surface area (Å²) in [5.41, 5.74) is 3.63. The number of nitrogens with zero attached hydrogens (tertiary/aromatic N) is 4.